The van der Waals surface area contributed by atoms with Gasteiger partial charge in [-0.1, -0.05) is 49.4 Å². The molecule has 1 aromatic heterocycles. The zero-order valence-corrected chi connectivity index (χ0v) is 13.8. The van der Waals surface area contributed by atoms with E-state index in [9.17, 15) is 4.79 Å². The van der Waals surface area contributed by atoms with Crippen LogP contribution in [-0.4, -0.2) is 15.5 Å². The van der Waals surface area contributed by atoms with Gasteiger partial charge in [0.25, 0.3) is 0 Å². The number of hydrogen-bond donors (Lipinski definition) is 1. The second kappa shape index (κ2) is 5.78. The molecule has 0 radical (unpaired) electrons. The van der Waals surface area contributed by atoms with E-state index in [2.05, 4.69) is 27.9 Å². The van der Waals surface area contributed by atoms with Crippen LogP contribution in [0.1, 0.15) is 31.7 Å². The van der Waals surface area contributed by atoms with Gasteiger partial charge in [0.05, 0.1) is 16.4 Å². The standard InChI is InChI=1S/C20H21N3O/c1-2-14-23-17-11-7-6-10-16(17)21-19(23)22-18(24)20(12-13-20)15-8-4-3-5-9-15/h3-11H,2,12-14H2,1H3,(H,21,22,24). The van der Waals surface area contributed by atoms with Crippen molar-refractivity contribution in [3.63, 3.8) is 0 Å². The van der Waals surface area contributed by atoms with Gasteiger partial charge >= 0.3 is 0 Å². The molecule has 1 heterocycles. The number of aromatic nitrogens is 2. The molecule has 1 amide bonds. The van der Waals surface area contributed by atoms with Gasteiger partial charge in [-0.05, 0) is 37.0 Å². The van der Waals surface area contributed by atoms with Crippen molar-refractivity contribution in [1.82, 2.24) is 9.55 Å². The lowest BCUT2D eigenvalue weighted by Gasteiger charge is -2.16. The highest BCUT2D eigenvalue weighted by Gasteiger charge is 2.51. The topological polar surface area (TPSA) is 46.9 Å². The summed E-state index contributed by atoms with van der Waals surface area (Å²) in [4.78, 5) is 17.6. The Kier molecular flexibility index (Phi) is 3.60. The highest BCUT2D eigenvalue weighted by Crippen LogP contribution is 2.48. The fourth-order valence-electron chi connectivity index (χ4n) is 3.37. The van der Waals surface area contributed by atoms with E-state index in [4.69, 9.17) is 0 Å². The van der Waals surface area contributed by atoms with Crippen molar-refractivity contribution in [3.8, 4) is 0 Å². The molecule has 0 aliphatic heterocycles. The highest BCUT2D eigenvalue weighted by atomic mass is 16.2. The molecule has 0 bridgehead atoms. The van der Waals surface area contributed by atoms with Crippen molar-refractivity contribution < 1.29 is 4.79 Å². The third-order valence-electron chi connectivity index (χ3n) is 4.84. The van der Waals surface area contributed by atoms with Crippen LogP contribution in [0.25, 0.3) is 11.0 Å². The molecule has 4 heteroatoms. The van der Waals surface area contributed by atoms with Gasteiger partial charge in [-0.3, -0.25) is 10.1 Å². The summed E-state index contributed by atoms with van der Waals surface area (Å²) < 4.78 is 2.11. The Morgan fingerprint density at radius 1 is 1.12 bits per heavy atom. The fourth-order valence-corrected chi connectivity index (χ4v) is 3.37. The Balaban J connectivity index is 1.67. The molecule has 2 aromatic carbocycles. The minimum atomic E-state index is -0.379. The Labute approximate surface area is 141 Å². The molecule has 1 aliphatic rings. The first-order valence-corrected chi connectivity index (χ1v) is 8.57. The van der Waals surface area contributed by atoms with Gasteiger partial charge in [-0.25, -0.2) is 4.98 Å². The molecule has 122 valence electrons. The second-order valence-electron chi connectivity index (χ2n) is 6.48. The Bertz CT molecular complexity index is 878. The fraction of sp³-hybridized carbons (Fsp3) is 0.300. The van der Waals surface area contributed by atoms with Gasteiger partial charge < -0.3 is 4.57 Å². The number of aryl methyl sites for hydroxylation is 1. The molecule has 3 aromatic rings. The first kappa shape index (κ1) is 14.9. The summed E-state index contributed by atoms with van der Waals surface area (Å²) in [5.74, 6) is 0.714. The third-order valence-corrected chi connectivity index (χ3v) is 4.84. The average Bonchev–Trinajstić information content (AvgIpc) is 3.36. The predicted molar refractivity (Wildman–Crippen MR) is 96.0 cm³/mol. The molecule has 0 spiro atoms. The van der Waals surface area contributed by atoms with Crippen LogP contribution in [-0.2, 0) is 16.8 Å². The lowest BCUT2D eigenvalue weighted by atomic mass is 9.95. The van der Waals surface area contributed by atoms with Crippen LogP contribution in [0.15, 0.2) is 54.6 Å². The number of nitrogens with one attached hydrogen (secondary N) is 1. The molecule has 1 N–H and O–H groups in total. The maximum absolute atomic E-state index is 13.0. The van der Waals surface area contributed by atoms with Crippen LogP contribution in [0, 0.1) is 0 Å². The molecule has 1 aliphatic carbocycles. The molecular formula is C20H21N3O. The minimum absolute atomic E-state index is 0.0568. The van der Waals surface area contributed by atoms with Crippen LogP contribution < -0.4 is 5.32 Å². The zero-order valence-electron chi connectivity index (χ0n) is 13.8. The SMILES string of the molecule is CCCn1c(NC(=O)C2(c3ccccc3)CC2)nc2ccccc21. The normalized spacial score (nSPS) is 15.4. The van der Waals surface area contributed by atoms with Crippen molar-refractivity contribution >= 4 is 22.9 Å². The van der Waals surface area contributed by atoms with E-state index in [0.717, 1.165) is 42.4 Å². The quantitative estimate of drug-likeness (QED) is 0.769. The number of carbonyl (C=O) groups is 1. The monoisotopic (exact) mass is 319 g/mol. The summed E-state index contributed by atoms with van der Waals surface area (Å²) in [6, 6.07) is 18.1. The molecule has 0 unspecified atom stereocenters. The Hall–Kier alpha value is -2.62. The van der Waals surface area contributed by atoms with Gasteiger partial charge in [0.2, 0.25) is 11.9 Å². The van der Waals surface area contributed by atoms with Gasteiger partial charge in [0.1, 0.15) is 0 Å². The summed E-state index contributed by atoms with van der Waals surface area (Å²) in [7, 11) is 0. The number of para-hydroxylation sites is 2. The number of hydrogen-bond acceptors (Lipinski definition) is 2. The third kappa shape index (κ3) is 2.39. The first-order valence-electron chi connectivity index (χ1n) is 8.57. The van der Waals surface area contributed by atoms with E-state index in [-0.39, 0.29) is 11.3 Å². The number of fused-ring (bicyclic) bond motifs is 1. The van der Waals surface area contributed by atoms with E-state index in [1.807, 2.05) is 48.5 Å². The Morgan fingerprint density at radius 2 is 1.83 bits per heavy atom. The van der Waals surface area contributed by atoms with Gasteiger partial charge in [-0.15, -0.1) is 0 Å². The van der Waals surface area contributed by atoms with Crippen LogP contribution in [0.5, 0.6) is 0 Å². The molecule has 24 heavy (non-hydrogen) atoms. The van der Waals surface area contributed by atoms with E-state index >= 15 is 0 Å². The van der Waals surface area contributed by atoms with Gasteiger partial charge in [0.15, 0.2) is 0 Å². The molecule has 0 atom stereocenters. The van der Waals surface area contributed by atoms with E-state index in [0.29, 0.717) is 5.95 Å². The summed E-state index contributed by atoms with van der Waals surface area (Å²) in [6.07, 6.45) is 2.79. The van der Waals surface area contributed by atoms with Crippen molar-refractivity contribution in [2.75, 3.05) is 5.32 Å². The summed E-state index contributed by atoms with van der Waals surface area (Å²) in [6.45, 7) is 2.97. The number of nitrogens with zero attached hydrogens (tertiary/aromatic N) is 2. The molecule has 4 rings (SSSR count). The zero-order chi connectivity index (χ0) is 16.6. The van der Waals surface area contributed by atoms with Crippen LogP contribution in [0.3, 0.4) is 0 Å². The van der Waals surface area contributed by atoms with Gasteiger partial charge in [0, 0.05) is 6.54 Å². The number of carbonyl (C=O) groups excluding carboxylic acids is 1. The van der Waals surface area contributed by atoms with Crippen molar-refractivity contribution in [2.24, 2.45) is 0 Å². The number of anilines is 1. The molecule has 1 saturated carbocycles. The average molecular weight is 319 g/mol. The minimum Gasteiger partial charge on any atom is -0.310 e. The van der Waals surface area contributed by atoms with Crippen LogP contribution in [0.4, 0.5) is 5.95 Å². The van der Waals surface area contributed by atoms with Crippen molar-refractivity contribution in [2.45, 2.75) is 38.1 Å². The first-order chi connectivity index (χ1) is 11.7. The van der Waals surface area contributed by atoms with E-state index in [1.165, 1.54) is 0 Å². The summed E-state index contributed by atoms with van der Waals surface area (Å²) in [5, 5.41) is 3.10. The van der Waals surface area contributed by atoms with Crippen LogP contribution in [0.2, 0.25) is 0 Å². The van der Waals surface area contributed by atoms with Crippen molar-refractivity contribution in [3.05, 3.63) is 60.2 Å². The number of amides is 1. The second-order valence-corrected chi connectivity index (χ2v) is 6.48. The predicted octanol–water partition coefficient (Wildman–Crippen LogP) is 4.12. The maximum Gasteiger partial charge on any atom is 0.237 e. The largest absolute Gasteiger partial charge is 0.310 e. The van der Waals surface area contributed by atoms with E-state index in [1.54, 1.807) is 0 Å². The lowest BCUT2D eigenvalue weighted by molar-refractivity contribution is -0.118. The number of rotatable bonds is 5. The van der Waals surface area contributed by atoms with E-state index < -0.39 is 0 Å². The highest BCUT2D eigenvalue weighted by molar-refractivity contribution is 6.01. The number of benzene rings is 2. The molecule has 0 saturated heterocycles. The smallest absolute Gasteiger partial charge is 0.237 e. The maximum atomic E-state index is 13.0. The molecule has 1 fully saturated rings. The molecular weight excluding hydrogens is 298 g/mol. The van der Waals surface area contributed by atoms with Gasteiger partial charge in [-0.2, -0.15) is 0 Å². The summed E-state index contributed by atoms with van der Waals surface area (Å²) in [5.41, 5.74) is 2.71. The number of imidazole rings is 1. The lowest BCUT2D eigenvalue weighted by Crippen LogP contribution is -2.29. The molecule has 4 nitrogen and oxygen atoms in total. The van der Waals surface area contributed by atoms with Crippen LogP contribution >= 0.6 is 0 Å². The Morgan fingerprint density at radius 3 is 2.54 bits per heavy atom. The van der Waals surface area contributed by atoms with Crippen molar-refractivity contribution in [1.29, 1.82) is 0 Å². The summed E-state index contributed by atoms with van der Waals surface area (Å²) >= 11 is 0.